The minimum absolute atomic E-state index is 0.0433. The standard InChI is InChI=1S/C22H13Cl2FN2O2/c23-14-10-13-11-18(21(28)26-16-4-2-1-3-5-16)22(29-20(13)19(24)12-14)27-17-8-6-15(25)7-9-17/h1-12H,(H,26,28). The van der Waals surface area contributed by atoms with Crippen LogP contribution in [0.1, 0.15) is 10.4 Å². The van der Waals surface area contributed by atoms with E-state index in [1.54, 1.807) is 30.3 Å². The Labute approximate surface area is 175 Å². The lowest BCUT2D eigenvalue weighted by molar-refractivity contribution is 0.102. The van der Waals surface area contributed by atoms with Crippen molar-refractivity contribution >= 4 is 51.5 Å². The van der Waals surface area contributed by atoms with Gasteiger partial charge in [-0.05, 0) is 54.6 Å². The highest BCUT2D eigenvalue weighted by Crippen LogP contribution is 2.28. The highest BCUT2D eigenvalue weighted by atomic mass is 35.5. The average molecular weight is 427 g/mol. The number of fused-ring (bicyclic) bond motifs is 1. The molecule has 144 valence electrons. The van der Waals surface area contributed by atoms with Crippen LogP contribution in [0.4, 0.5) is 15.8 Å². The third-order valence-electron chi connectivity index (χ3n) is 4.10. The fraction of sp³-hybridized carbons (Fsp3) is 0. The molecule has 0 atom stereocenters. The normalized spacial score (nSPS) is 11.6. The molecule has 4 aromatic rings. The number of anilines is 1. The quantitative estimate of drug-likeness (QED) is 0.414. The Kier molecular flexibility index (Phi) is 5.34. The van der Waals surface area contributed by atoms with Gasteiger partial charge in [-0.25, -0.2) is 9.38 Å². The van der Waals surface area contributed by atoms with Crippen molar-refractivity contribution in [1.82, 2.24) is 0 Å². The van der Waals surface area contributed by atoms with E-state index in [1.165, 1.54) is 24.3 Å². The number of carbonyl (C=O) groups excluding carboxylic acids is 1. The van der Waals surface area contributed by atoms with Gasteiger partial charge in [0.1, 0.15) is 11.4 Å². The molecule has 0 radical (unpaired) electrons. The van der Waals surface area contributed by atoms with Crippen molar-refractivity contribution in [3.05, 3.63) is 99.8 Å². The predicted molar refractivity (Wildman–Crippen MR) is 112 cm³/mol. The molecule has 0 fully saturated rings. The number of hydrogen-bond acceptors (Lipinski definition) is 3. The predicted octanol–water partition coefficient (Wildman–Crippen LogP) is 6.36. The van der Waals surface area contributed by atoms with Crippen molar-refractivity contribution in [3.8, 4) is 0 Å². The summed E-state index contributed by atoms with van der Waals surface area (Å²) in [6, 6.07) is 19.3. The van der Waals surface area contributed by atoms with Crippen LogP contribution in [-0.4, -0.2) is 5.91 Å². The average Bonchev–Trinajstić information content (AvgIpc) is 2.70. The summed E-state index contributed by atoms with van der Waals surface area (Å²) in [6.07, 6.45) is 0. The van der Waals surface area contributed by atoms with Crippen LogP contribution in [-0.2, 0) is 0 Å². The number of amides is 1. The summed E-state index contributed by atoms with van der Waals surface area (Å²) in [5.74, 6) is -0.807. The maximum atomic E-state index is 13.2. The SMILES string of the molecule is O=C(Nc1ccccc1)c1cc2cc(Cl)cc(Cl)c2oc1=Nc1ccc(F)cc1. The van der Waals surface area contributed by atoms with Crippen molar-refractivity contribution in [2.45, 2.75) is 0 Å². The molecule has 7 heteroatoms. The third-order valence-corrected chi connectivity index (χ3v) is 4.60. The minimum Gasteiger partial charge on any atom is -0.436 e. The smallest absolute Gasteiger partial charge is 0.261 e. The largest absolute Gasteiger partial charge is 0.436 e. The number of para-hydroxylation sites is 1. The van der Waals surface area contributed by atoms with Crippen LogP contribution in [0.15, 0.2) is 82.2 Å². The van der Waals surface area contributed by atoms with Gasteiger partial charge in [-0.15, -0.1) is 0 Å². The van der Waals surface area contributed by atoms with Gasteiger partial charge in [0, 0.05) is 16.1 Å². The van der Waals surface area contributed by atoms with Gasteiger partial charge in [0.25, 0.3) is 5.91 Å². The molecule has 0 spiro atoms. The second-order valence-corrected chi connectivity index (χ2v) is 7.02. The van der Waals surface area contributed by atoms with Crippen LogP contribution in [0.2, 0.25) is 10.0 Å². The van der Waals surface area contributed by atoms with Crippen molar-refractivity contribution in [2.75, 3.05) is 5.32 Å². The molecule has 29 heavy (non-hydrogen) atoms. The Morgan fingerprint density at radius 2 is 1.69 bits per heavy atom. The number of halogens is 3. The summed E-state index contributed by atoms with van der Waals surface area (Å²) in [6.45, 7) is 0. The first kappa shape index (κ1) is 19.2. The highest BCUT2D eigenvalue weighted by molar-refractivity contribution is 6.38. The third kappa shape index (κ3) is 4.31. The van der Waals surface area contributed by atoms with E-state index in [0.717, 1.165) is 0 Å². The number of benzene rings is 3. The highest BCUT2D eigenvalue weighted by Gasteiger charge is 2.15. The van der Waals surface area contributed by atoms with E-state index in [1.807, 2.05) is 18.2 Å². The van der Waals surface area contributed by atoms with E-state index in [0.29, 0.717) is 27.4 Å². The van der Waals surface area contributed by atoms with E-state index in [2.05, 4.69) is 10.3 Å². The summed E-state index contributed by atoms with van der Waals surface area (Å²) in [5, 5.41) is 4.06. The Morgan fingerprint density at radius 3 is 2.41 bits per heavy atom. The topological polar surface area (TPSA) is 54.6 Å². The zero-order valence-electron chi connectivity index (χ0n) is 14.8. The zero-order valence-corrected chi connectivity index (χ0v) is 16.3. The lowest BCUT2D eigenvalue weighted by Gasteiger charge is -2.08. The molecule has 0 aliphatic rings. The Balaban J connectivity index is 1.90. The molecule has 4 rings (SSSR count). The van der Waals surface area contributed by atoms with E-state index >= 15 is 0 Å². The van der Waals surface area contributed by atoms with Gasteiger partial charge < -0.3 is 9.73 Å². The van der Waals surface area contributed by atoms with Crippen LogP contribution in [0, 0.1) is 5.82 Å². The summed E-state index contributed by atoms with van der Waals surface area (Å²) < 4.78 is 19.1. The second kappa shape index (κ2) is 8.07. The van der Waals surface area contributed by atoms with Crippen molar-refractivity contribution in [1.29, 1.82) is 0 Å². The van der Waals surface area contributed by atoms with Crippen LogP contribution in [0.5, 0.6) is 0 Å². The molecule has 0 aliphatic heterocycles. The van der Waals surface area contributed by atoms with E-state index in [4.69, 9.17) is 27.6 Å². The van der Waals surface area contributed by atoms with Gasteiger partial charge >= 0.3 is 0 Å². The molecule has 3 aromatic carbocycles. The molecular weight excluding hydrogens is 414 g/mol. The number of rotatable bonds is 3. The molecule has 0 aliphatic carbocycles. The molecule has 1 amide bonds. The van der Waals surface area contributed by atoms with Gasteiger partial charge in [0.15, 0.2) is 5.58 Å². The molecule has 0 saturated carbocycles. The van der Waals surface area contributed by atoms with Gasteiger partial charge in [0.2, 0.25) is 5.55 Å². The van der Waals surface area contributed by atoms with Crippen molar-refractivity contribution in [3.63, 3.8) is 0 Å². The van der Waals surface area contributed by atoms with Crippen molar-refractivity contribution in [2.24, 2.45) is 4.99 Å². The van der Waals surface area contributed by atoms with Crippen LogP contribution in [0.3, 0.4) is 0 Å². The zero-order chi connectivity index (χ0) is 20.4. The van der Waals surface area contributed by atoms with Crippen LogP contribution >= 0.6 is 23.2 Å². The number of nitrogens with zero attached hydrogens (tertiary/aromatic N) is 1. The first-order valence-electron chi connectivity index (χ1n) is 8.59. The summed E-state index contributed by atoms with van der Waals surface area (Å²) >= 11 is 12.3. The van der Waals surface area contributed by atoms with Gasteiger partial charge in [-0.1, -0.05) is 41.4 Å². The van der Waals surface area contributed by atoms with Gasteiger partial charge in [0.05, 0.1) is 10.7 Å². The Bertz CT molecular complexity index is 1270. The van der Waals surface area contributed by atoms with E-state index in [9.17, 15) is 9.18 Å². The molecule has 1 heterocycles. The number of carbonyl (C=O) groups is 1. The summed E-state index contributed by atoms with van der Waals surface area (Å²) in [5.41, 5.74) is 1.61. The maximum absolute atomic E-state index is 13.2. The van der Waals surface area contributed by atoms with Gasteiger partial charge in [-0.2, -0.15) is 0 Å². The molecule has 4 nitrogen and oxygen atoms in total. The molecule has 1 N–H and O–H groups in total. The van der Waals surface area contributed by atoms with E-state index < -0.39 is 5.91 Å². The fourth-order valence-corrected chi connectivity index (χ4v) is 3.31. The second-order valence-electron chi connectivity index (χ2n) is 6.18. The van der Waals surface area contributed by atoms with Gasteiger partial charge in [-0.3, -0.25) is 4.79 Å². The molecule has 0 saturated heterocycles. The van der Waals surface area contributed by atoms with Crippen molar-refractivity contribution < 1.29 is 13.6 Å². The van der Waals surface area contributed by atoms with Crippen LogP contribution in [0.25, 0.3) is 11.0 Å². The number of nitrogens with one attached hydrogen (secondary N) is 1. The first-order chi connectivity index (χ1) is 14.0. The molecular formula is C22H13Cl2FN2O2. The summed E-state index contributed by atoms with van der Waals surface area (Å²) in [4.78, 5) is 17.3. The van der Waals surface area contributed by atoms with Crippen LogP contribution < -0.4 is 10.9 Å². The Morgan fingerprint density at radius 1 is 0.966 bits per heavy atom. The monoisotopic (exact) mass is 426 g/mol. The summed E-state index contributed by atoms with van der Waals surface area (Å²) in [7, 11) is 0. The molecule has 0 unspecified atom stereocenters. The Hall–Kier alpha value is -3.15. The first-order valence-corrected chi connectivity index (χ1v) is 9.35. The minimum atomic E-state index is -0.418. The molecule has 1 aromatic heterocycles. The number of hydrogen-bond donors (Lipinski definition) is 1. The fourth-order valence-electron chi connectivity index (χ4n) is 2.76. The lowest BCUT2D eigenvalue weighted by atomic mass is 10.1. The maximum Gasteiger partial charge on any atom is 0.261 e. The lowest BCUT2D eigenvalue weighted by Crippen LogP contribution is -2.21. The molecule has 0 bridgehead atoms. The van der Waals surface area contributed by atoms with E-state index in [-0.39, 0.29) is 22.0 Å².